The van der Waals surface area contributed by atoms with Crippen LogP contribution in [0.2, 0.25) is 0 Å². The summed E-state index contributed by atoms with van der Waals surface area (Å²) in [4.78, 5) is 0. The molecule has 0 spiro atoms. The molecule has 0 saturated heterocycles. The van der Waals surface area contributed by atoms with Crippen LogP contribution >= 0.6 is 0 Å². The van der Waals surface area contributed by atoms with Crippen LogP contribution in [0.3, 0.4) is 0 Å². The predicted octanol–water partition coefficient (Wildman–Crippen LogP) is 3.38. The molecule has 0 amide bonds. The minimum Gasteiger partial charge on any atom is -0.494 e. The molecule has 0 saturated carbocycles. The Hall–Kier alpha value is -1.33. The van der Waals surface area contributed by atoms with Crippen LogP contribution in [0.4, 0.5) is 22.0 Å². The molecule has 0 aromatic heterocycles. The summed E-state index contributed by atoms with van der Waals surface area (Å²) in [5.74, 6) is -3.61. The van der Waals surface area contributed by atoms with Gasteiger partial charge >= 0.3 is 6.18 Å². The highest BCUT2D eigenvalue weighted by molar-refractivity contribution is 5.32. The van der Waals surface area contributed by atoms with Gasteiger partial charge in [0.25, 0.3) is 0 Å². The minimum absolute atomic E-state index is 0.115. The third-order valence-electron chi connectivity index (χ3n) is 1.61. The molecule has 0 radical (unpaired) electrons. The highest BCUT2D eigenvalue weighted by Gasteiger charge is 2.38. The molecule has 0 fully saturated rings. The first-order chi connectivity index (χ1) is 6.86. The van der Waals surface area contributed by atoms with Crippen LogP contribution in [0.1, 0.15) is 12.5 Å². The van der Waals surface area contributed by atoms with Crippen LogP contribution in [0.5, 0.6) is 5.75 Å². The van der Waals surface area contributed by atoms with E-state index in [1.54, 1.807) is 6.92 Å². The summed E-state index contributed by atoms with van der Waals surface area (Å²) in [6.07, 6.45) is -5.04. The van der Waals surface area contributed by atoms with Crippen molar-refractivity contribution < 1.29 is 26.7 Å². The minimum atomic E-state index is -5.04. The van der Waals surface area contributed by atoms with E-state index in [-0.39, 0.29) is 12.4 Å². The Morgan fingerprint density at radius 2 is 1.60 bits per heavy atom. The molecular formula is C9H7F5O. The molecule has 0 aliphatic heterocycles. The lowest BCUT2D eigenvalue weighted by Gasteiger charge is -2.10. The predicted molar refractivity (Wildman–Crippen MR) is 42.5 cm³/mol. The number of hydrogen-bond acceptors (Lipinski definition) is 1. The average Bonchev–Trinajstić information content (AvgIpc) is 1.99. The molecule has 15 heavy (non-hydrogen) atoms. The van der Waals surface area contributed by atoms with E-state index < -0.39 is 23.4 Å². The molecule has 1 aromatic carbocycles. The zero-order valence-electron chi connectivity index (χ0n) is 7.66. The van der Waals surface area contributed by atoms with Crippen LogP contribution in [0.15, 0.2) is 12.1 Å². The first-order valence-corrected chi connectivity index (χ1v) is 4.05. The lowest BCUT2D eigenvalue weighted by molar-refractivity contribution is -0.142. The van der Waals surface area contributed by atoms with Crippen molar-refractivity contribution >= 4 is 0 Å². The highest BCUT2D eigenvalue weighted by atomic mass is 19.4. The van der Waals surface area contributed by atoms with E-state index >= 15 is 0 Å². The van der Waals surface area contributed by atoms with Crippen molar-refractivity contribution in [2.24, 2.45) is 0 Å². The van der Waals surface area contributed by atoms with Crippen LogP contribution in [-0.2, 0) is 6.18 Å². The first-order valence-electron chi connectivity index (χ1n) is 4.05. The van der Waals surface area contributed by atoms with Gasteiger partial charge in [-0.1, -0.05) is 0 Å². The topological polar surface area (TPSA) is 9.23 Å². The molecule has 0 aliphatic carbocycles. The molecular weight excluding hydrogens is 219 g/mol. The zero-order valence-corrected chi connectivity index (χ0v) is 7.66. The second kappa shape index (κ2) is 4.04. The van der Waals surface area contributed by atoms with Crippen LogP contribution in [-0.4, -0.2) is 6.61 Å². The van der Waals surface area contributed by atoms with Crippen LogP contribution < -0.4 is 4.74 Å². The third-order valence-corrected chi connectivity index (χ3v) is 1.61. The van der Waals surface area contributed by atoms with Gasteiger partial charge < -0.3 is 4.74 Å². The second-order valence-corrected chi connectivity index (χ2v) is 2.69. The number of ether oxygens (including phenoxy) is 1. The first kappa shape index (κ1) is 11.7. The van der Waals surface area contributed by atoms with Gasteiger partial charge in [-0.3, -0.25) is 0 Å². The van der Waals surface area contributed by atoms with E-state index in [1.807, 2.05) is 0 Å². The SMILES string of the molecule is CCOc1cc(F)c(C(F)(F)F)c(F)c1. The summed E-state index contributed by atoms with van der Waals surface area (Å²) in [5, 5.41) is 0. The van der Waals surface area contributed by atoms with Crippen LogP contribution in [0.25, 0.3) is 0 Å². The molecule has 84 valence electrons. The maximum atomic E-state index is 12.9. The van der Waals surface area contributed by atoms with E-state index in [9.17, 15) is 22.0 Å². The van der Waals surface area contributed by atoms with E-state index in [2.05, 4.69) is 4.74 Å². The van der Waals surface area contributed by atoms with Crippen molar-refractivity contribution in [3.05, 3.63) is 29.3 Å². The van der Waals surface area contributed by atoms with Crippen LogP contribution in [0, 0.1) is 11.6 Å². The molecule has 1 rings (SSSR count). The van der Waals surface area contributed by atoms with Gasteiger partial charge in [0.05, 0.1) is 6.61 Å². The van der Waals surface area contributed by atoms with Gasteiger partial charge in [-0.2, -0.15) is 13.2 Å². The Labute approximate surface area is 82.5 Å². The quantitative estimate of drug-likeness (QED) is 0.702. The molecule has 0 heterocycles. The van der Waals surface area contributed by atoms with Gasteiger partial charge in [-0.25, -0.2) is 8.78 Å². The summed E-state index contributed by atoms with van der Waals surface area (Å²) in [7, 11) is 0. The van der Waals surface area contributed by atoms with Crippen molar-refractivity contribution in [2.75, 3.05) is 6.61 Å². The zero-order chi connectivity index (χ0) is 11.6. The smallest absolute Gasteiger partial charge is 0.422 e. The number of alkyl halides is 3. The average molecular weight is 226 g/mol. The molecule has 6 heteroatoms. The Balaban J connectivity index is 3.22. The van der Waals surface area contributed by atoms with Gasteiger partial charge in [0.15, 0.2) is 0 Å². The molecule has 1 nitrogen and oxygen atoms in total. The number of halogens is 5. The van der Waals surface area contributed by atoms with Gasteiger partial charge in [0, 0.05) is 12.1 Å². The van der Waals surface area contributed by atoms with Crippen molar-refractivity contribution in [3.8, 4) is 5.75 Å². The third kappa shape index (κ3) is 2.57. The summed E-state index contributed by atoms with van der Waals surface area (Å²) >= 11 is 0. The fourth-order valence-corrected chi connectivity index (χ4v) is 1.07. The van der Waals surface area contributed by atoms with E-state index in [0.717, 1.165) is 0 Å². The summed E-state index contributed by atoms with van der Waals surface area (Å²) in [6.45, 7) is 1.66. The van der Waals surface area contributed by atoms with E-state index in [0.29, 0.717) is 12.1 Å². The van der Waals surface area contributed by atoms with E-state index in [4.69, 9.17) is 0 Å². The second-order valence-electron chi connectivity index (χ2n) is 2.69. The van der Waals surface area contributed by atoms with Gasteiger partial charge in [0.2, 0.25) is 0 Å². The molecule has 0 bridgehead atoms. The molecule has 0 unspecified atom stereocenters. The summed E-state index contributed by atoms with van der Waals surface area (Å²) in [5.41, 5.74) is -1.90. The number of benzene rings is 1. The van der Waals surface area contributed by atoms with Crippen molar-refractivity contribution in [1.29, 1.82) is 0 Å². The van der Waals surface area contributed by atoms with Crippen molar-refractivity contribution in [2.45, 2.75) is 13.1 Å². The van der Waals surface area contributed by atoms with Gasteiger partial charge in [-0.05, 0) is 6.92 Å². The van der Waals surface area contributed by atoms with Gasteiger partial charge in [0.1, 0.15) is 22.9 Å². The summed E-state index contributed by atoms with van der Waals surface area (Å²) in [6, 6.07) is 1.02. The normalized spacial score (nSPS) is 11.6. The summed E-state index contributed by atoms with van der Waals surface area (Å²) < 4.78 is 66.8. The van der Waals surface area contributed by atoms with Crippen molar-refractivity contribution in [3.63, 3.8) is 0 Å². The number of rotatable bonds is 2. The highest BCUT2D eigenvalue weighted by Crippen LogP contribution is 2.35. The van der Waals surface area contributed by atoms with Crippen molar-refractivity contribution in [1.82, 2.24) is 0 Å². The molecule has 0 atom stereocenters. The fraction of sp³-hybridized carbons (Fsp3) is 0.333. The number of hydrogen-bond donors (Lipinski definition) is 0. The Morgan fingerprint density at radius 3 is 1.93 bits per heavy atom. The molecule has 1 aromatic rings. The standard InChI is InChI=1S/C9H7F5O/c1-2-15-5-3-6(10)8(7(11)4-5)9(12,13)14/h3-4H,2H2,1H3. The fourth-order valence-electron chi connectivity index (χ4n) is 1.07. The van der Waals surface area contributed by atoms with Gasteiger partial charge in [-0.15, -0.1) is 0 Å². The lowest BCUT2D eigenvalue weighted by Crippen LogP contribution is -2.11. The maximum absolute atomic E-state index is 12.9. The Kier molecular flexibility index (Phi) is 3.16. The molecule has 0 aliphatic rings. The molecule has 0 N–H and O–H groups in total. The largest absolute Gasteiger partial charge is 0.494 e. The maximum Gasteiger partial charge on any atom is 0.422 e. The Bertz CT molecular complexity index is 335. The monoisotopic (exact) mass is 226 g/mol. The lowest BCUT2D eigenvalue weighted by atomic mass is 10.2. The Morgan fingerprint density at radius 1 is 1.13 bits per heavy atom. The van der Waals surface area contributed by atoms with E-state index in [1.165, 1.54) is 0 Å².